The molecule has 0 saturated heterocycles. The van der Waals surface area contributed by atoms with Gasteiger partial charge in [-0.15, -0.1) is 0 Å². The highest BCUT2D eigenvalue weighted by Crippen LogP contribution is 2.27. The van der Waals surface area contributed by atoms with E-state index in [0.29, 0.717) is 6.54 Å². The molecule has 0 radical (unpaired) electrons. The fourth-order valence-corrected chi connectivity index (χ4v) is 1.52. The van der Waals surface area contributed by atoms with Gasteiger partial charge in [-0.05, 0) is 37.9 Å². The average Bonchev–Trinajstić information content (AvgIpc) is 2.24. The summed E-state index contributed by atoms with van der Waals surface area (Å²) >= 11 is 0. The van der Waals surface area contributed by atoms with Gasteiger partial charge in [-0.25, -0.2) is 0 Å². The van der Waals surface area contributed by atoms with Crippen molar-refractivity contribution in [3.63, 3.8) is 0 Å². The van der Waals surface area contributed by atoms with E-state index in [0.717, 1.165) is 17.7 Å². The van der Waals surface area contributed by atoms with Gasteiger partial charge in [0.1, 0.15) is 5.75 Å². The molecule has 0 aliphatic rings. The molecule has 2 N–H and O–H groups in total. The second-order valence-electron chi connectivity index (χ2n) is 3.61. The minimum absolute atomic E-state index is 0.684. The Kier molecular flexibility index (Phi) is 4.37. The molecule has 0 heterocycles. The van der Waals surface area contributed by atoms with Crippen LogP contribution >= 0.6 is 0 Å². The first kappa shape index (κ1) is 11.8. The van der Waals surface area contributed by atoms with Gasteiger partial charge in [0.2, 0.25) is 0 Å². The molecule has 82 valence electrons. The van der Waals surface area contributed by atoms with E-state index in [2.05, 4.69) is 38.1 Å². The predicted octanol–water partition coefficient (Wildman–Crippen LogP) is 2.67. The summed E-state index contributed by atoms with van der Waals surface area (Å²) in [5.74, 6) is 0.961. The number of hydrogen-bond acceptors (Lipinski definition) is 2. The zero-order valence-electron chi connectivity index (χ0n) is 9.71. The Bertz CT molecular complexity index is 356. The first-order valence-corrected chi connectivity index (χ1v) is 5.21. The molecule has 2 heteroatoms. The standard InChI is InChI=1S/C13H19NO/c1-10-7-8-12(6-4-5-9-14)13(15-3)11(10)2/h4,6-8H,5,9,14H2,1-3H3/b6-4+. The molecule has 0 unspecified atom stereocenters. The highest BCUT2D eigenvalue weighted by molar-refractivity contribution is 5.61. The molecule has 0 aliphatic carbocycles. The molecule has 2 nitrogen and oxygen atoms in total. The molecule has 0 atom stereocenters. The molecule has 1 aromatic carbocycles. The summed E-state index contributed by atoms with van der Waals surface area (Å²) in [6.45, 7) is 4.85. The lowest BCUT2D eigenvalue weighted by Gasteiger charge is -2.10. The zero-order chi connectivity index (χ0) is 11.3. The highest BCUT2D eigenvalue weighted by Gasteiger charge is 2.05. The highest BCUT2D eigenvalue weighted by atomic mass is 16.5. The fourth-order valence-electron chi connectivity index (χ4n) is 1.52. The minimum atomic E-state index is 0.684. The van der Waals surface area contributed by atoms with Gasteiger partial charge in [0.05, 0.1) is 7.11 Å². The van der Waals surface area contributed by atoms with E-state index in [1.165, 1.54) is 11.1 Å². The van der Waals surface area contributed by atoms with Crippen molar-refractivity contribution in [3.8, 4) is 5.75 Å². The predicted molar refractivity (Wildman–Crippen MR) is 65.2 cm³/mol. The Morgan fingerprint density at radius 1 is 1.33 bits per heavy atom. The zero-order valence-corrected chi connectivity index (χ0v) is 9.71. The molecule has 0 saturated carbocycles. The molecule has 1 rings (SSSR count). The third kappa shape index (κ3) is 2.83. The van der Waals surface area contributed by atoms with Crippen LogP contribution in [0.25, 0.3) is 6.08 Å². The van der Waals surface area contributed by atoms with Gasteiger partial charge < -0.3 is 10.5 Å². The molecule has 0 bridgehead atoms. The Balaban J connectivity index is 3.02. The van der Waals surface area contributed by atoms with Crippen molar-refractivity contribution in [1.29, 1.82) is 0 Å². The third-order valence-electron chi connectivity index (χ3n) is 2.54. The van der Waals surface area contributed by atoms with E-state index in [9.17, 15) is 0 Å². The largest absolute Gasteiger partial charge is 0.496 e. The molecule has 0 fully saturated rings. The van der Waals surface area contributed by atoms with E-state index < -0.39 is 0 Å². The Labute approximate surface area is 91.7 Å². The second kappa shape index (κ2) is 5.56. The van der Waals surface area contributed by atoms with Gasteiger partial charge in [0.15, 0.2) is 0 Å². The van der Waals surface area contributed by atoms with Crippen LogP contribution in [-0.4, -0.2) is 13.7 Å². The maximum absolute atomic E-state index is 5.43. The maximum Gasteiger partial charge on any atom is 0.129 e. The first-order chi connectivity index (χ1) is 7.20. The van der Waals surface area contributed by atoms with Gasteiger partial charge >= 0.3 is 0 Å². The van der Waals surface area contributed by atoms with Gasteiger partial charge in [-0.1, -0.05) is 24.3 Å². The first-order valence-electron chi connectivity index (χ1n) is 5.21. The SMILES string of the molecule is COc1c(/C=C/CCN)ccc(C)c1C. The van der Waals surface area contributed by atoms with Crippen molar-refractivity contribution in [1.82, 2.24) is 0 Å². The molecule has 15 heavy (non-hydrogen) atoms. The third-order valence-corrected chi connectivity index (χ3v) is 2.54. The number of nitrogens with two attached hydrogens (primary N) is 1. The monoisotopic (exact) mass is 205 g/mol. The maximum atomic E-state index is 5.43. The van der Waals surface area contributed by atoms with Crippen LogP contribution in [0.1, 0.15) is 23.1 Å². The normalized spacial score (nSPS) is 10.9. The van der Waals surface area contributed by atoms with E-state index in [1.807, 2.05) is 0 Å². The van der Waals surface area contributed by atoms with Gasteiger partial charge in [0.25, 0.3) is 0 Å². The minimum Gasteiger partial charge on any atom is -0.496 e. The van der Waals surface area contributed by atoms with E-state index in [-0.39, 0.29) is 0 Å². The average molecular weight is 205 g/mol. The summed E-state index contributed by atoms with van der Waals surface area (Å²) in [4.78, 5) is 0. The molecular weight excluding hydrogens is 186 g/mol. The van der Waals surface area contributed by atoms with Gasteiger partial charge in [-0.3, -0.25) is 0 Å². The van der Waals surface area contributed by atoms with Crippen molar-refractivity contribution in [2.45, 2.75) is 20.3 Å². The molecule has 0 spiro atoms. The van der Waals surface area contributed by atoms with Crippen molar-refractivity contribution < 1.29 is 4.74 Å². The van der Waals surface area contributed by atoms with Crippen LogP contribution in [0.2, 0.25) is 0 Å². The topological polar surface area (TPSA) is 35.2 Å². The van der Waals surface area contributed by atoms with Gasteiger partial charge in [-0.2, -0.15) is 0 Å². The van der Waals surface area contributed by atoms with Crippen LogP contribution in [0.4, 0.5) is 0 Å². The van der Waals surface area contributed by atoms with E-state index >= 15 is 0 Å². The number of methoxy groups -OCH3 is 1. The quantitative estimate of drug-likeness (QED) is 0.820. The lowest BCUT2D eigenvalue weighted by Crippen LogP contribution is -1.96. The van der Waals surface area contributed by atoms with Crippen LogP contribution in [0, 0.1) is 13.8 Å². The van der Waals surface area contributed by atoms with Crippen LogP contribution in [-0.2, 0) is 0 Å². The molecule has 0 aromatic heterocycles. The fraction of sp³-hybridized carbons (Fsp3) is 0.385. The molecule has 0 aliphatic heterocycles. The lowest BCUT2D eigenvalue weighted by atomic mass is 10.0. The molecule has 1 aromatic rings. The lowest BCUT2D eigenvalue weighted by molar-refractivity contribution is 0.410. The van der Waals surface area contributed by atoms with E-state index in [1.54, 1.807) is 7.11 Å². The summed E-state index contributed by atoms with van der Waals surface area (Å²) in [6.07, 6.45) is 5.04. The Morgan fingerprint density at radius 3 is 2.67 bits per heavy atom. The summed E-state index contributed by atoms with van der Waals surface area (Å²) in [7, 11) is 1.71. The number of ether oxygens (including phenoxy) is 1. The summed E-state index contributed by atoms with van der Waals surface area (Å²) in [6, 6.07) is 4.19. The van der Waals surface area contributed by atoms with Crippen molar-refractivity contribution in [3.05, 3.63) is 34.9 Å². The number of rotatable bonds is 4. The number of aryl methyl sites for hydroxylation is 1. The number of benzene rings is 1. The van der Waals surface area contributed by atoms with Gasteiger partial charge in [0, 0.05) is 5.56 Å². The molecule has 0 amide bonds. The second-order valence-corrected chi connectivity index (χ2v) is 3.61. The summed E-state index contributed by atoms with van der Waals surface area (Å²) in [5.41, 5.74) is 9.01. The molecular formula is C13H19NO. The van der Waals surface area contributed by atoms with Crippen LogP contribution < -0.4 is 10.5 Å². The Morgan fingerprint density at radius 2 is 2.07 bits per heavy atom. The van der Waals surface area contributed by atoms with Crippen molar-refractivity contribution >= 4 is 6.08 Å². The smallest absolute Gasteiger partial charge is 0.129 e. The summed E-state index contributed by atoms with van der Waals surface area (Å²) in [5, 5.41) is 0. The van der Waals surface area contributed by atoms with Crippen LogP contribution in [0.3, 0.4) is 0 Å². The number of hydrogen-bond donors (Lipinski definition) is 1. The van der Waals surface area contributed by atoms with Crippen molar-refractivity contribution in [2.75, 3.05) is 13.7 Å². The van der Waals surface area contributed by atoms with Crippen LogP contribution in [0.15, 0.2) is 18.2 Å². The van der Waals surface area contributed by atoms with Crippen LogP contribution in [0.5, 0.6) is 5.75 Å². The van der Waals surface area contributed by atoms with Crippen molar-refractivity contribution in [2.24, 2.45) is 5.73 Å². The summed E-state index contributed by atoms with van der Waals surface area (Å²) < 4.78 is 5.41. The van der Waals surface area contributed by atoms with E-state index in [4.69, 9.17) is 10.5 Å². The Hall–Kier alpha value is -1.28.